The van der Waals surface area contributed by atoms with Crippen LogP contribution in [0.1, 0.15) is 24.0 Å². The van der Waals surface area contributed by atoms with Crippen LogP contribution in [0.4, 0.5) is 0 Å². The zero-order chi connectivity index (χ0) is 13.0. The summed E-state index contributed by atoms with van der Waals surface area (Å²) in [6.07, 6.45) is 1.33. The highest BCUT2D eigenvalue weighted by atomic mass is 32.2. The average molecular weight is 264 g/mol. The van der Waals surface area contributed by atoms with E-state index in [1.54, 1.807) is 24.3 Å². The molecule has 0 radical (unpaired) electrons. The largest absolute Gasteiger partial charge is 0.317 e. The summed E-state index contributed by atoms with van der Waals surface area (Å²) in [5.74, 6) is -0.0264. The number of benzene rings is 1. The second-order valence-corrected chi connectivity index (χ2v) is 6.81. The van der Waals surface area contributed by atoms with E-state index >= 15 is 0 Å². The fourth-order valence-corrected chi connectivity index (χ4v) is 4.12. The second kappa shape index (κ2) is 5.51. The van der Waals surface area contributed by atoms with Crippen molar-refractivity contribution in [3.05, 3.63) is 35.4 Å². The summed E-state index contributed by atoms with van der Waals surface area (Å²) in [7, 11) is -3.16. The molecular weight excluding hydrogens is 248 g/mol. The van der Waals surface area contributed by atoms with E-state index in [9.17, 15) is 8.42 Å². The molecule has 0 atom stereocenters. The molecule has 96 valence electrons. The maximum atomic E-state index is 12.3. The standard InChI is InChI=1S/C13H16N2O2S/c14-9-11-3-1-2-4-12(11)10-18(16,17)13-5-7-15-8-6-13/h1-4,13,15H,5-8,10H2. The highest BCUT2D eigenvalue weighted by Crippen LogP contribution is 2.20. The van der Waals surface area contributed by atoms with Crippen molar-refractivity contribution >= 4 is 9.84 Å². The van der Waals surface area contributed by atoms with Gasteiger partial charge in [0.2, 0.25) is 0 Å². The molecule has 1 aromatic rings. The normalized spacial score (nSPS) is 17.3. The van der Waals surface area contributed by atoms with E-state index in [2.05, 4.69) is 5.32 Å². The maximum Gasteiger partial charge on any atom is 0.157 e. The van der Waals surface area contributed by atoms with Crippen molar-refractivity contribution < 1.29 is 8.42 Å². The molecule has 5 heteroatoms. The van der Waals surface area contributed by atoms with Crippen LogP contribution in [0.25, 0.3) is 0 Å². The van der Waals surface area contributed by atoms with Crippen LogP contribution in [0.5, 0.6) is 0 Å². The number of hydrogen-bond acceptors (Lipinski definition) is 4. The molecule has 0 spiro atoms. The number of sulfone groups is 1. The van der Waals surface area contributed by atoms with Crippen LogP contribution in [0.15, 0.2) is 24.3 Å². The molecule has 0 amide bonds. The number of nitrogens with one attached hydrogen (secondary N) is 1. The SMILES string of the molecule is N#Cc1ccccc1CS(=O)(=O)C1CCNCC1. The van der Waals surface area contributed by atoms with Crippen LogP contribution >= 0.6 is 0 Å². The first-order valence-electron chi connectivity index (χ1n) is 6.04. The van der Waals surface area contributed by atoms with Crippen molar-refractivity contribution in [3.63, 3.8) is 0 Å². The van der Waals surface area contributed by atoms with Crippen molar-refractivity contribution in [2.75, 3.05) is 13.1 Å². The molecule has 0 bridgehead atoms. The second-order valence-electron chi connectivity index (χ2n) is 4.53. The fourth-order valence-electron chi connectivity index (χ4n) is 2.24. The van der Waals surface area contributed by atoms with Crippen LogP contribution in [-0.4, -0.2) is 26.8 Å². The van der Waals surface area contributed by atoms with Crippen molar-refractivity contribution in [3.8, 4) is 6.07 Å². The van der Waals surface area contributed by atoms with Gasteiger partial charge in [-0.1, -0.05) is 18.2 Å². The minimum atomic E-state index is -3.16. The van der Waals surface area contributed by atoms with Gasteiger partial charge in [-0.3, -0.25) is 0 Å². The lowest BCUT2D eigenvalue weighted by Crippen LogP contribution is -2.36. The minimum Gasteiger partial charge on any atom is -0.317 e. The van der Waals surface area contributed by atoms with Gasteiger partial charge in [-0.15, -0.1) is 0 Å². The summed E-state index contributed by atoms with van der Waals surface area (Å²) in [6.45, 7) is 1.51. The Kier molecular flexibility index (Phi) is 4.00. The molecule has 1 heterocycles. The first kappa shape index (κ1) is 13.1. The molecule has 1 aliphatic heterocycles. The zero-order valence-corrected chi connectivity index (χ0v) is 10.9. The van der Waals surface area contributed by atoms with Crippen LogP contribution in [0, 0.1) is 11.3 Å². The highest BCUT2D eigenvalue weighted by Gasteiger charge is 2.27. The van der Waals surface area contributed by atoms with E-state index in [0.717, 1.165) is 13.1 Å². The van der Waals surface area contributed by atoms with Crippen molar-refractivity contribution in [1.29, 1.82) is 5.26 Å². The van der Waals surface area contributed by atoms with Gasteiger partial charge in [-0.25, -0.2) is 8.42 Å². The highest BCUT2D eigenvalue weighted by molar-refractivity contribution is 7.91. The van der Waals surface area contributed by atoms with E-state index in [4.69, 9.17) is 5.26 Å². The van der Waals surface area contributed by atoms with Gasteiger partial charge in [-0.05, 0) is 37.6 Å². The summed E-state index contributed by atoms with van der Waals surface area (Å²) in [5.41, 5.74) is 1.06. The smallest absolute Gasteiger partial charge is 0.157 e. The van der Waals surface area contributed by atoms with Crippen molar-refractivity contribution in [2.24, 2.45) is 0 Å². The zero-order valence-electron chi connectivity index (χ0n) is 10.1. The molecule has 1 fully saturated rings. The molecule has 0 aliphatic carbocycles. The number of nitrogens with zero attached hydrogens (tertiary/aromatic N) is 1. The van der Waals surface area contributed by atoms with E-state index in [-0.39, 0.29) is 11.0 Å². The number of nitriles is 1. The van der Waals surface area contributed by atoms with Crippen molar-refractivity contribution in [1.82, 2.24) is 5.32 Å². The number of rotatable bonds is 3. The summed E-state index contributed by atoms with van der Waals surface area (Å²) >= 11 is 0. The quantitative estimate of drug-likeness (QED) is 0.891. The van der Waals surface area contributed by atoms with Crippen LogP contribution < -0.4 is 5.32 Å². The molecular formula is C13H16N2O2S. The van der Waals surface area contributed by atoms with Gasteiger partial charge in [0.25, 0.3) is 0 Å². The van der Waals surface area contributed by atoms with Crippen LogP contribution in [-0.2, 0) is 15.6 Å². The Morgan fingerprint density at radius 1 is 1.28 bits per heavy atom. The van der Waals surface area contributed by atoms with Gasteiger partial charge in [0.05, 0.1) is 22.6 Å². The average Bonchev–Trinajstić information content (AvgIpc) is 2.40. The molecule has 1 N–H and O–H groups in total. The predicted octanol–water partition coefficient (Wildman–Crippen LogP) is 1.23. The van der Waals surface area contributed by atoms with E-state index in [0.29, 0.717) is 24.0 Å². The van der Waals surface area contributed by atoms with Gasteiger partial charge < -0.3 is 5.32 Å². The van der Waals surface area contributed by atoms with E-state index in [1.807, 2.05) is 6.07 Å². The topological polar surface area (TPSA) is 70.0 Å². The van der Waals surface area contributed by atoms with Crippen LogP contribution in [0.3, 0.4) is 0 Å². The monoisotopic (exact) mass is 264 g/mol. The Bertz CT molecular complexity index is 555. The molecule has 1 saturated heterocycles. The lowest BCUT2D eigenvalue weighted by Gasteiger charge is -2.22. The molecule has 0 saturated carbocycles. The van der Waals surface area contributed by atoms with Gasteiger partial charge >= 0.3 is 0 Å². The minimum absolute atomic E-state index is 0.0264. The maximum absolute atomic E-state index is 12.3. The fraction of sp³-hybridized carbons (Fsp3) is 0.462. The van der Waals surface area contributed by atoms with E-state index in [1.165, 1.54) is 0 Å². The van der Waals surface area contributed by atoms with Gasteiger partial charge in [-0.2, -0.15) is 5.26 Å². The Morgan fingerprint density at radius 3 is 2.61 bits per heavy atom. The lowest BCUT2D eigenvalue weighted by atomic mass is 10.1. The first-order valence-corrected chi connectivity index (χ1v) is 7.75. The summed E-state index contributed by atoms with van der Waals surface area (Å²) < 4.78 is 24.6. The molecule has 2 rings (SSSR count). The molecule has 1 aliphatic rings. The number of piperidine rings is 1. The Hall–Kier alpha value is -1.38. The third kappa shape index (κ3) is 2.89. The first-order chi connectivity index (χ1) is 8.63. The summed E-state index contributed by atoms with van der Waals surface area (Å²) in [6, 6.07) is 8.94. The van der Waals surface area contributed by atoms with Gasteiger partial charge in [0.15, 0.2) is 9.84 Å². The summed E-state index contributed by atoms with van der Waals surface area (Å²) in [4.78, 5) is 0. The lowest BCUT2D eigenvalue weighted by molar-refractivity contribution is 0.496. The Balaban J connectivity index is 2.19. The molecule has 4 nitrogen and oxygen atoms in total. The third-order valence-corrected chi connectivity index (χ3v) is 5.49. The summed E-state index contributed by atoms with van der Waals surface area (Å²) in [5, 5.41) is 11.9. The van der Waals surface area contributed by atoms with Gasteiger partial charge in [0, 0.05) is 0 Å². The Morgan fingerprint density at radius 2 is 1.94 bits per heavy atom. The number of hydrogen-bond donors (Lipinski definition) is 1. The van der Waals surface area contributed by atoms with Crippen LogP contribution in [0.2, 0.25) is 0 Å². The predicted molar refractivity (Wildman–Crippen MR) is 69.7 cm³/mol. The molecule has 0 unspecified atom stereocenters. The van der Waals surface area contributed by atoms with E-state index < -0.39 is 9.84 Å². The molecule has 18 heavy (non-hydrogen) atoms. The Labute approximate surface area is 108 Å². The third-order valence-electron chi connectivity index (χ3n) is 3.29. The molecule has 0 aromatic heterocycles. The van der Waals surface area contributed by atoms with Crippen molar-refractivity contribution in [2.45, 2.75) is 23.8 Å². The van der Waals surface area contributed by atoms with Gasteiger partial charge in [0.1, 0.15) is 0 Å². The molecule has 1 aromatic carbocycles.